The molecule has 0 amide bonds. The summed E-state index contributed by atoms with van der Waals surface area (Å²) in [5.41, 5.74) is 0. The highest BCUT2D eigenvalue weighted by Gasteiger charge is 2.19. The Morgan fingerprint density at radius 1 is 0.364 bits per heavy atom. The molecule has 326 valence electrons. The van der Waals surface area contributed by atoms with Crippen LogP contribution < -0.4 is 0 Å². The van der Waals surface area contributed by atoms with Crippen LogP contribution in [0, 0.1) is 5.92 Å². The zero-order chi connectivity index (χ0) is 40.3. The van der Waals surface area contributed by atoms with Crippen LogP contribution in [0.3, 0.4) is 0 Å². The molecular formula is C49H94O6. The van der Waals surface area contributed by atoms with E-state index in [9.17, 15) is 14.4 Å². The molecule has 6 heteroatoms. The van der Waals surface area contributed by atoms with Crippen molar-refractivity contribution in [2.45, 2.75) is 278 Å². The number of unbranched alkanes of at least 4 members (excludes halogenated alkanes) is 30. The van der Waals surface area contributed by atoms with Crippen LogP contribution in [-0.2, 0) is 28.6 Å². The molecule has 55 heavy (non-hydrogen) atoms. The van der Waals surface area contributed by atoms with Gasteiger partial charge >= 0.3 is 17.9 Å². The number of rotatable bonds is 44. The molecule has 0 aliphatic rings. The van der Waals surface area contributed by atoms with Gasteiger partial charge in [0.25, 0.3) is 0 Å². The average molecular weight is 779 g/mol. The van der Waals surface area contributed by atoms with Crippen molar-refractivity contribution in [3.8, 4) is 0 Å². The van der Waals surface area contributed by atoms with Gasteiger partial charge in [-0.2, -0.15) is 0 Å². The molecule has 0 rings (SSSR count). The second kappa shape index (κ2) is 43.5. The van der Waals surface area contributed by atoms with E-state index in [1.807, 2.05) is 0 Å². The van der Waals surface area contributed by atoms with Crippen LogP contribution in [0.15, 0.2) is 0 Å². The van der Waals surface area contributed by atoms with Gasteiger partial charge in [0.1, 0.15) is 13.2 Å². The molecule has 0 bridgehead atoms. The Balaban J connectivity index is 3.99. The Kier molecular flexibility index (Phi) is 42.3. The number of hydrogen-bond acceptors (Lipinski definition) is 6. The fourth-order valence-electron chi connectivity index (χ4n) is 7.30. The monoisotopic (exact) mass is 779 g/mol. The van der Waals surface area contributed by atoms with E-state index in [2.05, 4.69) is 27.7 Å². The molecule has 0 saturated heterocycles. The Hall–Kier alpha value is -1.59. The largest absolute Gasteiger partial charge is 0.462 e. The Morgan fingerprint density at radius 3 is 0.945 bits per heavy atom. The van der Waals surface area contributed by atoms with E-state index in [1.54, 1.807) is 0 Å². The number of ether oxygens (including phenoxy) is 3. The van der Waals surface area contributed by atoms with Gasteiger partial charge in [-0.3, -0.25) is 14.4 Å². The van der Waals surface area contributed by atoms with Crippen molar-refractivity contribution in [3.05, 3.63) is 0 Å². The van der Waals surface area contributed by atoms with Gasteiger partial charge < -0.3 is 14.2 Å². The van der Waals surface area contributed by atoms with Crippen LogP contribution in [-0.4, -0.2) is 37.2 Å². The molecule has 0 aromatic rings. The minimum absolute atomic E-state index is 0.0648. The summed E-state index contributed by atoms with van der Waals surface area (Å²) >= 11 is 0. The number of carbonyl (C=O) groups is 3. The minimum atomic E-state index is -0.757. The highest BCUT2D eigenvalue weighted by molar-refractivity contribution is 5.71. The lowest BCUT2D eigenvalue weighted by Crippen LogP contribution is -2.30. The van der Waals surface area contributed by atoms with Crippen molar-refractivity contribution in [1.29, 1.82) is 0 Å². The first-order valence-electron chi connectivity index (χ1n) is 24.4. The van der Waals surface area contributed by atoms with Crippen molar-refractivity contribution in [2.75, 3.05) is 13.2 Å². The van der Waals surface area contributed by atoms with Crippen molar-refractivity contribution in [1.82, 2.24) is 0 Å². The summed E-state index contributed by atoms with van der Waals surface area (Å²) in [4.78, 5) is 37.4. The summed E-state index contributed by atoms with van der Waals surface area (Å²) < 4.78 is 16.6. The van der Waals surface area contributed by atoms with Crippen LogP contribution in [0.4, 0.5) is 0 Å². The van der Waals surface area contributed by atoms with Crippen molar-refractivity contribution >= 4 is 17.9 Å². The van der Waals surface area contributed by atoms with E-state index in [0.717, 1.165) is 70.1 Å². The van der Waals surface area contributed by atoms with E-state index in [0.29, 0.717) is 19.3 Å². The van der Waals surface area contributed by atoms with Gasteiger partial charge in [0.2, 0.25) is 0 Å². The van der Waals surface area contributed by atoms with E-state index < -0.39 is 6.10 Å². The third kappa shape index (κ3) is 41.9. The Bertz CT molecular complexity index is 828. The highest BCUT2D eigenvalue weighted by Crippen LogP contribution is 2.17. The van der Waals surface area contributed by atoms with E-state index in [4.69, 9.17) is 14.2 Å². The van der Waals surface area contributed by atoms with Gasteiger partial charge in [-0.15, -0.1) is 0 Å². The average Bonchev–Trinajstić information content (AvgIpc) is 3.18. The van der Waals surface area contributed by atoms with Crippen molar-refractivity contribution in [3.63, 3.8) is 0 Å². The minimum Gasteiger partial charge on any atom is -0.462 e. The van der Waals surface area contributed by atoms with Crippen LogP contribution >= 0.6 is 0 Å². The Morgan fingerprint density at radius 2 is 0.636 bits per heavy atom. The fraction of sp³-hybridized carbons (Fsp3) is 0.939. The zero-order valence-corrected chi connectivity index (χ0v) is 37.4. The lowest BCUT2D eigenvalue weighted by Gasteiger charge is -2.18. The summed E-state index contributed by atoms with van der Waals surface area (Å²) in [5.74, 6) is 0.0429. The van der Waals surface area contributed by atoms with Gasteiger partial charge in [-0.25, -0.2) is 0 Å². The maximum Gasteiger partial charge on any atom is 0.306 e. The fourth-order valence-corrected chi connectivity index (χ4v) is 7.30. The molecule has 0 aliphatic carbocycles. The second-order valence-corrected chi connectivity index (χ2v) is 17.0. The lowest BCUT2D eigenvalue weighted by molar-refractivity contribution is -0.167. The third-order valence-corrected chi connectivity index (χ3v) is 11.4. The van der Waals surface area contributed by atoms with E-state index in [-0.39, 0.29) is 31.1 Å². The summed E-state index contributed by atoms with van der Waals surface area (Å²) in [6.07, 6.45) is 44.1. The zero-order valence-electron chi connectivity index (χ0n) is 37.4. The first-order valence-corrected chi connectivity index (χ1v) is 24.4. The quantitative estimate of drug-likeness (QED) is 0.0348. The number of carbonyl (C=O) groups excluding carboxylic acids is 3. The van der Waals surface area contributed by atoms with Gasteiger partial charge in [-0.05, 0) is 25.2 Å². The van der Waals surface area contributed by atoms with Crippen molar-refractivity contribution < 1.29 is 28.6 Å². The number of esters is 3. The first kappa shape index (κ1) is 53.4. The molecule has 6 nitrogen and oxygen atoms in total. The summed E-state index contributed by atoms with van der Waals surface area (Å²) in [6.45, 7) is 8.97. The molecule has 0 heterocycles. The molecule has 0 saturated carbocycles. The summed E-state index contributed by atoms with van der Waals surface area (Å²) in [7, 11) is 0. The van der Waals surface area contributed by atoms with Crippen LogP contribution in [0.1, 0.15) is 272 Å². The third-order valence-electron chi connectivity index (χ3n) is 11.4. The van der Waals surface area contributed by atoms with Crippen LogP contribution in [0.25, 0.3) is 0 Å². The molecule has 0 fully saturated rings. The van der Waals surface area contributed by atoms with Gasteiger partial charge in [0, 0.05) is 19.3 Å². The molecule has 0 radical (unpaired) electrons. The topological polar surface area (TPSA) is 78.9 Å². The SMILES string of the molecule is CCCCCCCCCCCCC(=O)OC[C@H](COC(=O)CCCCCCCCCCCCCCCCCCCCC(C)CC)OC(=O)CCCCCCC. The second-order valence-electron chi connectivity index (χ2n) is 17.0. The molecule has 0 N–H and O–H groups in total. The van der Waals surface area contributed by atoms with Crippen LogP contribution in [0.2, 0.25) is 0 Å². The maximum atomic E-state index is 12.5. The molecule has 0 aliphatic heterocycles. The van der Waals surface area contributed by atoms with E-state index >= 15 is 0 Å². The molecule has 0 spiro atoms. The molecule has 0 aromatic carbocycles. The van der Waals surface area contributed by atoms with Gasteiger partial charge in [0.15, 0.2) is 6.10 Å². The van der Waals surface area contributed by atoms with E-state index in [1.165, 1.54) is 161 Å². The highest BCUT2D eigenvalue weighted by atomic mass is 16.6. The number of hydrogen-bond donors (Lipinski definition) is 0. The smallest absolute Gasteiger partial charge is 0.306 e. The molecular weight excluding hydrogens is 685 g/mol. The van der Waals surface area contributed by atoms with Crippen LogP contribution in [0.5, 0.6) is 0 Å². The molecule has 0 aromatic heterocycles. The summed E-state index contributed by atoms with van der Waals surface area (Å²) in [6, 6.07) is 0. The first-order chi connectivity index (χ1) is 26.9. The normalized spacial score (nSPS) is 12.4. The van der Waals surface area contributed by atoms with Crippen molar-refractivity contribution in [2.24, 2.45) is 5.92 Å². The standard InChI is InChI=1S/C49H94O6/c1-5-8-10-12-13-14-26-29-33-36-40-47(50)53-43-46(55-49(52)42-38-31-11-9-6-2)44-54-48(51)41-37-34-30-27-24-22-20-18-16-15-17-19-21-23-25-28-32-35-39-45(4)7-3/h45-46H,5-44H2,1-4H3/t45?,46-/m1/s1. The van der Waals surface area contributed by atoms with Gasteiger partial charge in [0.05, 0.1) is 0 Å². The molecule has 1 unspecified atom stereocenters. The summed E-state index contributed by atoms with van der Waals surface area (Å²) in [5, 5.41) is 0. The predicted molar refractivity (Wildman–Crippen MR) is 233 cm³/mol. The molecule has 2 atom stereocenters. The lowest BCUT2D eigenvalue weighted by atomic mass is 9.99. The maximum absolute atomic E-state index is 12.5. The predicted octanol–water partition coefficient (Wildman–Crippen LogP) is 15.5. The van der Waals surface area contributed by atoms with Gasteiger partial charge in [-0.1, -0.05) is 233 Å². The Labute approximate surface area is 342 Å².